The number of hydrogen-bond acceptors (Lipinski definition) is 6. The third kappa shape index (κ3) is 5.56. The van der Waals surface area contributed by atoms with Crippen molar-refractivity contribution in [2.75, 3.05) is 50.0 Å². The van der Waals surface area contributed by atoms with Gasteiger partial charge in [0.1, 0.15) is 5.76 Å². The van der Waals surface area contributed by atoms with Crippen LogP contribution in [0.2, 0.25) is 0 Å². The van der Waals surface area contributed by atoms with Gasteiger partial charge in [-0.25, -0.2) is 0 Å². The SMILES string of the molecule is Cc1cc(NC(=O)C(=O)NCCCc2ccc(N3CCN(C)CC3)cc2)no1. The molecule has 2 heterocycles. The molecule has 8 heteroatoms. The average molecular weight is 385 g/mol. The molecule has 28 heavy (non-hydrogen) atoms. The third-order valence-corrected chi connectivity index (χ3v) is 4.81. The van der Waals surface area contributed by atoms with E-state index in [0.717, 1.165) is 39.0 Å². The third-order valence-electron chi connectivity index (χ3n) is 4.81. The van der Waals surface area contributed by atoms with Crippen LogP contribution in [-0.4, -0.2) is 61.6 Å². The normalized spacial score (nSPS) is 14.7. The summed E-state index contributed by atoms with van der Waals surface area (Å²) < 4.78 is 4.84. The van der Waals surface area contributed by atoms with Crippen molar-refractivity contribution >= 4 is 23.3 Å². The van der Waals surface area contributed by atoms with E-state index >= 15 is 0 Å². The molecule has 2 amide bonds. The Morgan fingerprint density at radius 2 is 1.82 bits per heavy atom. The summed E-state index contributed by atoms with van der Waals surface area (Å²) in [7, 11) is 2.15. The second kappa shape index (κ2) is 9.36. The van der Waals surface area contributed by atoms with Crippen molar-refractivity contribution in [3.63, 3.8) is 0 Å². The molecule has 2 aromatic rings. The van der Waals surface area contributed by atoms with Gasteiger partial charge in [0.15, 0.2) is 5.82 Å². The number of likely N-dealkylation sites (N-methyl/N-ethyl adjacent to an activating group) is 1. The fourth-order valence-electron chi connectivity index (χ4n) is 3.11. The fraction of sp³-hybridized carbons (Fsp3) is 0.450. The van der Waals surface area contributed by atoms with Gasteiger partial charge in [-0.05, 0) is 44.5 Å². The van der Waals surface area contributed by atoms with E-state index in [1.165, 1.54) is 11.3 Å². The average Bonchev–Trinajstić information content (AvgIpc) is 3.11. The fourth-order valence-corrected chi connectivity index (χ4v) is 3.11. The molecule has 0 spiro atoms. The molecule has 1 aromatic carbocycles. The number of carbonyl (C=O) groups excluding carboxylic acids is 2. The van der Waals surface area contributed by atoms with Crippen LogP contribution in [0.25, 0.3) is 0 Å². The van der Waals surface area contributed by atoms with E-state index in [9.17, 15) is 9.59 Å². The van der Waals surface area contributed by atoms with Crippen LogP contribution in [0.1, 0.15) is 17.7 Å². The number of nitrogens with one attached hydrogen (secondary N) is 2. The molecule has 1 aliphatic heterocycles. The van der Waals surface area contributed by atoms with E-state index in [2.05, 4.69) is 56.9 Å². The zero-order valence-electron chi connectivity index (χ0n) is 16.4. The maximum atomic E-state index is 11.8. The second-order valence-corrected chi connectivity index (χ2v) is 7.09. The molecule has 1 aliphatic rings. The maximum Gasteiger partial charge on any atom is 0.314 e. The number of aryl methyl sites for hydroxylation is 2. The van der Waals surface area contributed by atoms with Gasteiger partial charge >= 0.3 is 11.8 Å². The van der Waals surface area contributed by atoms with Crippen molar-refractivity contribution in [2.45, 2.75) is 19.8 Å². The summed E-state index contributed by atoms with van der Waals surface area (Å²) in [6.07, 6.45) is 1.60. The Balaban J connectivity index is 1.36. The first-order chi connectivity index (χ1) is 13.5. The van der Waals surface area contributed by atoms with Crippen LogP contribution in [-0.2, 0) is 16.0 Å². The molecule has 8 nitrogen and oxygen atoms in total. The van der Waals surface area contributed by atoms with Crippen LogP contribution in [0.4, 0.5) is 11.5 Å². The lowest BCUT2D eigenvalue weighted by Gasteiger charge is -2.34. The Kier molecular flexibility index (Phi) is 6.65. The van der Waals surface area contributed by atoms with E-state index < -0.39 is 11.8 Å². The molecule has 1 saturated heterocycles. The Bertz CT molecular complexity index is 794. The standard InChI is InChI=1S/C20H27N5O3/c1-15-14-18(23-28-15)22-20(27)19(26)21-9-3-4-16-5-7-17(8-6-16)25-12-10-24(2)11-13-25/h5-8,14H,3-4,9-13H2,1-2H3,(H,21,26)(H,22,23,27). The summed E-state index contributed by atoms with van der Waals surface area (Å²) in [5, 5.41) is 8.65. The topological polar surface area (TPSA) is 90.7 Å². The lowest BCUT2D eigenvalue weighted by atomic mass is 10.1. The zero-order chi connectivity index (χ0) is 19.9. The van der Waals surface area contributed by atoms with Crippen LogP contribution in [0.15, 0.2) is 34.9 Å². The first-order valence-electron chi connectivity index (χ1n) is 9.56. The number of anilines is 2. The summed E-state index contributed by atoms with van der Waals surface area (Å²) in [5.74, 6) is -0.622. The molecule has 0 saturated carbocycles. The zero-order valence-corrected chi connectivity index (χ0v) is 16.4. The van der Waals surface area contributed by atoms with Crippen LogP contribution in [0.3, 0.4) is 0 Å². The molecule has 2 N–H and O–H groups in total. The largest absolute Gasteiger partial charge is 0.369 e. The van der Waals surface area contributed by atoms with E-state index in [1.807, 2.05) is 0 Å². The Morgan fingerprint density at radius 1 is 1.11 bits per heavy atom. The number of benzene rings is 1. The number of rotatable bonds is 6. The van der Waals surface area contributed by atoms with Gasteiger partial charge in [0.25, 0.3) is 0 Å². The van der Waals surface area contributed by atoms with Crippen LogP contribution < -0.4 is 15.5 Å². The molecule has 3 rings (SSSR count). The molecule has 0 bridgehead atoms. The van der Waals surface area contributed by atoms with Crippen molar-refractivity contribution < 1.29 is 14.1 Å². The molecule has 0 atom stereocenters. The van der Waals surface area contributed by atoms with E-state index in [-0.39, 0.29) is 5.82 Å². The number of amides is 2. The van der Waals surface area contributed by atoms with Crippen LogP contribution in [0.5, 0.6) is 0 Å². The van der Waals surface area contributed by atoms with Gasteiger partial charge in [0, 0.05) is 44.5 Å². The van der Waals surface area contributed by atoms with Gasteiger partial charge < -0.3 is 19.6 Å². The molecule has 150 valence electrons. The van der Waals surface area contributed by atoms with Gasteiger partial charge in [0.2, 0.25) is 0 Å². The lowest BCUT2D eigenvalue weighted by molar-refractivity contribution is -0.136. The number of hydrogen-bond donors (Lipinski definition) is 2. The maximum absolute atomic E-state index is 11.8. The highest BCUT2D eigenvalue weighted by atomic mass is 16.5. The van der Waals surface area contributed by atoms with E-state index in [0.29, 0.717) is 12.3 Å². The first-order valence-corrected chi connectivity index (χ1v) is 9.56. The smallest absolute Gasteiger partial charge is 0.314 e. The highest BCUT2D eigenvalue weighted by Gasteiger charge is 2.15. The van der Waals surface area contributed by atoms with Crippen molar-refractivity contribution in [1.29, 1.82) is 0 Å². The Morgan fingerprint density at radius 3 is 2.46 bits per heavy atom. The Labute approximate surface area is 164 Å². The van der Waals surface area contributed by atoms with Gasteiger partial charge in [-0.15, -0.1) is 0 Å². The predicted octanol–water partition coefficient (Wildman–Crippen LogP) is 1.42. The molecular formula is C20H27N5O3. The summed E-state index contributed by atoms with van der Waals surface area (Å²) in [4.78, 5) is 28.3. The number of carbonyl (C=O) groups is 2. The van der Waals surface area contributed by atoms with Crippen molar-refractivity contribution in [2.24, 2.45) is 0 Å². The van der Waals surface area contributed by atoms with Crippen molar-refractivity contribution in [1.82, 2.24) is 15.4 Å². The number of nitrogens with zero attached hydrogens (tertiary/aromatic N) is 3. The van der Waals surface area contributed by atoms with E-state index in [1.54, 1.807) is 13.0 Å². The van der Waals surface area contributed by atoms with Crippen LogP contribution in [0, 0.1) is 6.92 Å². The monoisotopic (exact) mass is 385 g/mol. The summed E-state index contributed by atoms with van der Waals surface area (Å²) in [6.45, 7) is 6.43. The minimum atomic E-state index is -0.746. The first kappa shape index (κ1) is 19.9. The summed E-state index contributed by atoms with van der Waals surface area (Å²) in [5.41, 5.74) is 2.47. The van der Waals surface area contributed by atoms with Crippen molar-refractivity contribution in [3.8, 4) is 0 Å². The van der Waals surface area contributed by atoms with Gasteiger partial charge in [-0.1, -0.05) is 17.3 Å². The van der Waals surface area contributed by atoms with Gasteiger partial charge in [-0.2, -0.15) is 0 Å². The second-order valence-electron chi connectivity index (χ2n) is 7.09. The molecule has 1 fully saturated rings. The molecule has 0 radical (unpaired) electrons. The molecule has 0 aliphatic carbocycles. The Hall–Kier alpha value is -2.87. The summed E-state index contributed by atoms with van der Waals surface area (Å²) >= 11 is 0. The molecule has 0 unspecified atom stereocenters. The van der Waals surface area contributed by atoms with Gasteiger partial charge in [-0.3, -0.25) is 14.9 Å². The lowest BCUT2D eigenvalue weighted by Crippen LogP contribution is -2.44. The van der Waals surface area contributed by atoms with Crippen LogP contribution >= 0.6 is 0 Å². The van der Waals surface area contributed by atoms with E-state index in [4.69, 9.17) is 4.52 Å². The molecular weight excluding hydrogens is 358 g/mol. The minimum absolute atomic E-state index is 0.234. The minimum Gasteiger partial charge on any atom is -0.369 e. The van der Waals surface area contributed by atoms with Gasteiger partial charge in [0.05, 0.1) is 0 Å². The number of aromatic nitrogens is 1. The highest BCUT2D eigenvalue weighted by Crippen LogP contribution is 2.17. The predicted molar refractivity (Wildman–Crippen MR) is 107 cm³/mol. The highest BCUT2D eigenvalue weighted by molar-refractivity contribution is 6.39. The number of piperazine rings is 1. The molecule has 1 aromatic heterocycles. The quantitative estimate of drug-likeness (QED) is 0.577. The summed E-state index contributed by atoms with van der Waals surface area (Å²) in [6, 6.07) is 10.1. The van der Waals surface area contributed by atoms with Crippen molar-refractivity contribution in [3.05, 3.63) is 41.7 Å².